The van der Waals surface area contributed by atoms with Gasteiger partial charge in [0.2, 0.25) is 17.7 Å². The maximum Gasteiger partial charge on any atom is 0.326 e. The van der Waals surface area contributed by atoms with Gasteiger partial charge in [-0.15, -0.1) is 0 Å². The molecule has 0 saturated heterocycles. The molecule has 0 aliphatic rings. The Kier molecular flexibility index (Phi) is 14.6. The van der Waals surface area contributed by atoms with Crippen LogP contribution in [0.4, 0.5) is 0 Å². The van der Waals surface area contributed by atoms with Crippen LogP contribution >= 0.6 is 0 Å². The van der Waals surface area contributed by atoms with E-state index >= 15 is 0 Å². The number of nitrogens with one attached hydrogen (secondary N) is 4. The predicted molar refractivity (Wildman–Crippen MR) is 173 cm³/mol. The molecule has 5 atom stereocenters. The van der Waals surface area contributed by atoms with Crippen molar-refractivity contribution < 1.29 is 24.3 Å². The van der Waals surface area contributed by atoms with Crippen LogP contribution in [0.5, 0.6) is 0 Å². The Hall–Kier alpha value is -4.86. The normalized spacial score (nSPS) is 14.3. The number of aliphatic imine (C=N–C) groups is 2. The van der Waals surface area contributed by atoms with Crippen LogP contribution in [0.15, 0.2) is 40.4 Å². The van der Waals surface area contributed by atoms with Crippen LogP contribution in [0.2, 0.25) is 0 Å². The number of aliphatic carboxylic acids is 1. The molecular formula is C29H47N11O5. The summed E-state index contributed by atoms with van der Waals surface area (Å²) in [6.07, 6.45) is 3.42. The molecule has 0 aliphatic heterocycles. The van der Waals surface area contributed by atoms with Gasteiger partial charge in [0.15, 0.2) is 11.9 Å². The fraction of sp³-hybridized carbons (Fsp3) is 0.517. The molecule has 1 aromatic carbocycles. The lowest BCUT2D eigenvalue weighted by molar-refractivity contribution is -0.144. The number of benzene rings is 1. The van der Waals surface area contributed by atoms with Gasteiger partial charge in [0.25, 0.3) is 0 Å². The van der Waals surface area contributed by atoms with E-state index < -0.39 is 47.9 Å². The summed E-state index contributed by atoms with van der Waals surface area (Å²) in [5.41, 5.74) is 29.2. The SMILES string of the molecule is CCC(C)C(NC(=O)C(CCCN=C(N)N)NC(=O)C(Cc1c[nH]c2ccccc12)NC(=O)C(N)CCCN=C(N)N)C(=O)O. The molecule has 0 fully saturated rings. The smallest absolute Gasteiger partial charge is 0.326 e. The Bertz CT molecular complexity index is 1350. The third kappa shape index (κ3) is 12.0. The molecule has 15 N–H and O–H groups in total. The molecule has 1 heterocycles. The molecule has 0 saturated carbocycles. The van der Waals surface area contributed by atoms with E-state index in [0.717, 1.165) is 16.5 Å². The number of rotatable bonds is 19. The third-order valence-corrected chi connectivity index (χ3v) is 7.39. The molecule has 248 valence electrons. The van der Waals surface area contributed by atoms with Gasteiger partial charge in [-0.3, -0.25) is 24.4 Å². The van der Waals surface area contributed by atoms with Crippen molar-refractivity contribution in [3.63, 3.8) is 0 Å². The number of carboxylic acid groups (broad SMARTS) is 1. The van der Waals surface area contributed by atoms with Crippen molar-refractivity contribution in [1.82, 2.24) is 20.9 Å². The number of H-pyrrole nitrogens is 1. The van der Waals surface area contributed by atoms with Gasteiger partial charge < -0.3 is 54.7 Å². The van der Waals surface area contributed by atoms with Gasteiger partial charge in [-0.05, 0) is 43.2 Å². The molecule has 0 aliphatic carbocycles. The largest absolute Gasteiger partial charge is 0.480 e. The third-order valence-electron chi connectivity index (χ3n) is 7.39. The van der Waals surface area contributed by atoms with Gasteiger partial charge in [0, 0.05) is 36.6 Å². The van der Waals surface area contributed by atoms with Crippen molar-refractivity contribution in [1.29, 1.82) is 0 Å². The maximum atomic E-state index is 13.8. The first kappa shape index (κ1) is 36.3. The number of carboxylic acids is 1. The first-order chi connectivity index (χ1) is 21.3. The lowest BCUT2D eigenvalue weighted by atomic mass is 9.98. The first-order valence-electron chi connectivity index (χ1n) is 14.9. The Morgan fingerprint density at radius 3 is 2.04 bits per heavy atom. The summed E-state index contributed by atoms with van der Waals surface area (Å²) in [7, 11) is 0. The van der Waals surface area contributed by atoms with Gasteiger partial charge in [0.05, 0.1) is 6.04 Å². The Balaban J connectivity index is 2.31. The second-order valence-corrected chi connectivity index (χ2v) is 10.9. The average molecular weight is 630 g/mol. The van der Waals surface area contributed by atoms with E-state index in [0.29, 0.717) is 19.3 Å². The number of hydrogen-bond acceptors (Lipinski definition) is 7. The monoisotopic (exact) mass is 629 g/mol. The Labute approximate surface area is 262 Å². The van der Waals surface area contributed by atoms with Crippen molar-refractivity contribution >= 4 is 46.5 Å². The summed E-state index contributed by atoms with van der Waals surface area (Å²) in [6.45, 7) is 3.98. The highest BCUT2D eigenvalue weighted by molar-refractivity contribution is 5.95. The number of amides is 3. The number of carbonyl (C=O) groups excluding carboxylic acids is 3. The molecule has 3 amide bonds. The number of aromatic amines is 1. The van der Waals surface area contributed by atoms with E-state index in [9.17, 15) is 24.3 Å². The molecule has 2 rings (SSSR count). The van der Waals surface area contributed by atoms with Crippen molar-refractivity contribution in [2.75, 3.05) is 13.1 Å². The fourth-order valence-electron chi connectivity index (χ4n) is 4.64. The molecule has 0 bridgehead atoms. The van der Waals surface area contributed by atoms with Crippen LogP contribution in [0.3, 0.4) is 0 Å². The number of aromatic nitrogens is 1. The van der Waals surface area contributed by atoms with Crippen molar-refractivity contribution in [3.8, 4) is 0 Å². The fourth-order valence-corrected chi connectivity index (χ4v) is 4.64. The van der Waals surface area contributed by atoms with E-state index in [2.05, 4.69) is 30.9 Å². The lowest BCUT2D eigenvalue weighted by Gasteiger charge is -2.26. The number of nitrogens with two attached hydrogens (primary N) is 5. The number of hydrogen-bond donors (Lipinski definition) is 10. The summed E-state index contributed by atoms with van der Waals surface area (Å²) in [5, 5.41) is 18.5. The average Bonchev–Trinajstić information content (AvgIpc) is 3.40. The van der Waals surface area contributed by atoms with E-state index in [1.807, 2.05) is 31.2 Å². The van der Waals surface area contributed by atoms with E-state index in [1.54, 1.807) is 13.1 Å². The van der Waals surface area contributed by atoms with Crippen LogP contribution < -0.4 is 44.6 Å². The number of fused-ring (bicyclic) bond motifs is 1. The first-order valence-corrected chi connectivity index (χ1v) is 14.9. The summed E-state index contributed by atoms with van der Waals surface area (Å²) < 4.78 is 0. The molecule has 5 unspecified atom stereocenters. The second kappa shape index (κ2) is 18.1. The van der Waals surface area contributed by atoms with Crippen molar-refractivity contribution in [2.24, 2.45) is 44.6 Å². The molecule has 45 heavy (non-hydrogen) atoms. The predicted octanol–water partition coefficient (Wildman–Crippen LogP) is -1.27. The minimum absolute atomic E-state index is 0.0702. The highest BCUT2D eigenvalue weighted by Gasteiger charge is 2.32. The molecule has 0 spiro atoms. The summed E-state index contributed by atoms with van der Waals surface area (Å²) in [5.74, 6) is -3.67. The van der Waals surface area contributed by atoms with Gasteiger partial charge in [-0.1, -0.05) is 38.5 Å². The zero-order chi connectivity index (χ0) is 33.5. The molecule has 2 aromatic rings. The zero-order valence-electron chi connectivity index (χ0n) is 25.8. The van der Waals surface area contributed by atoms with Gasteiger partial charge >= 0.3 is 5.97 Å². The lowest BCUT2D eigenvalue weighted by Crippen LogP contribution is -2.58. The van der Waals surface area contributed by atoms with Crippen LogP contribution in [-0.4, -0.2) is 83.0 Å². The highest BCUT2D eigenvalue weighted by Crippen LogP contribution is 2.19. The molecule has 1 aromatic heterocycles. The minimum atomic E-state index is -1.19. The summed E-state index contributed by atoms with van der Waals surface area (Å²) >= 11 is 0. The standard InChI is InChI=1S/C29H47N11O5/c1-3-16(2)23(27(44)45)40-25(42)21(11-7-13-36-29(33)34)38-26(43)22(14-17-15-37-20-10-5-4-8-18(17)20)39-24(41)19(30)9-6-12-35-28(31)32/h4-5,8,10,15-16,19,21-23,37H,3,6-7,9,11-14,30H2,1-2H3,(H,38,43)(H,39,41)(H,40,42)(H,44,45)(H4,31,32,35)(H4,33,34,36). The van der Waals surface area contributed by atoms with Crippen LogP contribution in [0.1, 0.15) is 51.5 Å². The van der Waals surface area contributed by atoms with Gasteiger partial charge in [-0.2, -0.15) is 0 Å². The van der Waals surface area contributed by atoms with Crippen LogP contribution in [0, 0.1) is 5.92 Å². The molecule has 0 radical (unpaired) electrons. The Morgan fingerprint density at radius 1 is 0.867 bits per heavy atom. The minimum Gasteiger partial charge on any atom is -0.480 e. The summed E-state index contributed by atoms with van der Waals surface area (Å²) in [4.78, 5) is 63.1. The maximum absolute atomic E-state index is 13.8. The van der Waals surface area contributed by atoms with Crippen LogP contribution in [0.25, 0.3) is 10.9 Å². The quantitative estimate of drug-likeness (QED) is 0.0499. The van der Waals surface area contributed by atoms with E-state index in [1.165, 1.54) is 0 Å². The summed E-state index contributed by atoms with van der Waals surface area (Å²) in [6, 6.07) is 3.09. The number of nitrogens with zero attached hydrogens (tertiary/aromatic N) is 2. The van der Waals surface area contributed by atoms with E-state index in [4.69, 9.17) is 28.7 Å². The van der Waals surface area contributed by atoms with Crippen molar-refractivity contribution in [3.05, 3.63) is 36.0 Å². The number of carbonyl (C=O) groups is 4. The Morgan fingerprint density at radius 2 is 1.44 bits per heavy atom. The van der Waals surface area contributed by atoms with Crippen molar-refractivity contribution in [2.45, 2.75) is 76.5 Å². The number of guanidine groups is 2. The molecule has 16 heteroatoms. The zero-order valence-corrected chi connectivity index (χ0v) is 25.8. The van der Waals surface area contributed by atoms with Crippen LogP contribution in [-0.2, 0) is 25.6 Å². The van der Waals surface area contributed by atoms with E-state index in [-0.39, 0.29) is 50.2 Å². The molecule has 16 nitrogen and oxygen atoms in total. The second-order valence-electron chi connectivity index (χ2n) is 10.9. The topological polar surface area (TPSA) is 295 Å². The highest BCUT2D eigenvalue weighted by atomic mass is 16.4. The van der Waals surface area contributed by atoms with Gasteiger partial charge in [0.1, 0.15) is 18.1 Å². The molecular weight excluding hydrogens is 582 g/mol. The number of para-hydroxylation sites is 1. The van der Waals surface area contributed by atoms with Gasteiger partial charge in [-0.25, -0.2) is 4.79 Å².